The molecule has 1 aromatic carbocycles. The molecule has 0 aliphatic carbocycles. The summed E-state index contributed by atoms with van der Waals surface area (Å²) >= 11 is 0. The fraction of sp³-hybridized carbons (Fsp3) is 0.333. The normalized spacial score (nSPS) is 10.3. The van der Waals surface area contributed by atoms with Crippen molar-refractivity contribution in [2.45, 2.75) is 20.3 Å². The number of ether oxygens (including phenoxy) is 1. The van der Waals surface area contributed by atoms with Gasteiger partial charge in [0.05, 0.1) is 6.61 Å². The van der Waals surface area contributed by atoms with Crippen molar-refractivity contribution in [1.82, 2.24) is 9.97 Å². The van der Waals surface area contributed by atoms with E-state index in [1.807, 2.05) is 6.92 Å². The summed E-state index contributed by atoms with van der Waals surface area (Å²) in [6.45, 7) is 5.28. The van der Waals surface area contributed by atoms with E-state index in [1.54, 1.807) is 0 Å². The third-order valence-corrected chi connectivity index (χ3v) is 2.92. The summed E-state index contributed by atoms with van der Waals surface area (Å²) in [6, 6.07) is 8.45. The van der Waals surface area contributed by atoms with Gasteiger partial charge in [-0.1, -0.05) is 29.8 Å². The molecule has 106 valence electrons. The molecule has 0 amide bonds. The van der Waals surface area contributed by atoms with Crippen LogP contribution >= 0.6 is 0 Å². The van der Waals surface area contributed by atoms with Crippen molar-refractivity contribution in [3.05, 3.63) is 41.7 Å². The molecule has 0 radical (unpaired) electrons. The van der Waals surface area contributed by atoms with E-state index in [9.17, 15) is 0 Å². The van der Waals surface area contributed by atoms with E-state index in [1.165, 1.54) is 17.5 Å². The SMILES string of the molecule is CCOc1ncnc(NCCc2cccc(C)c2)c1N. The minimum absolute atomic E-state index is 0.431. The second kappa shape index (κ2) is 6.75. The van der Waals surface area contributed by atoms with Gasteiger partial charge < -0.3 is 15.8 Å². The smallest absolute Gasteiger partial charge is 0.242 e. The Morgan fingerprint density at radius 1 is 1.30 bits per heavy atom. The Bertz CT molecular complexity index is 572. The molecular formula is C15H20N4O. The van der Waals surface area contributed by atoms with Crippen LogP contribution in [0.25, 0.3) is 0 Å². The molecule has 5 nitrogen and oxygen atoms in total. The first-order valence-corrected chi connectivity index (χ1v) is 6.73. The Kier molecular flexibility index (Phi) is 4.76. The first-order valence-electron chi connectivity index (χ1n) is 6.73. The lowest BCUT2D eigenvalue weighted by atomic mass is 10.1. The van der Waals surface area contributed by atoms with Crippen LogP contribution in [0.5, 0.6) is 5.88 Å². The van der Waals surface area contributed by atoms with Gasteiger partial charge in [0, 0.05) is 6.54 Å². The molecule has 0 bridgehead atoms. The summed E-state index contributed by atoms with van der Waals surface area (Å²) in [5.41, 5.74) is 8.97. The van der Waals surface area contributed by atoms with Crippen molar-refractivity contribution in [2.24, 2.45) is 0 Å². The highest BCUT2D eigenvalue weighted by atomic mass is 16.5. The van der Waals surface area contributed by atoms with Gasteiger partial charge >= 0.3 is 0 Å². The van der Waals surface area contributed by atoms with E-state index < -0.39 is 0 Å². The molecule has 5 heteroatoms. The molecule has 0 saturated carbocycles. The predicted molar refractivity (Wildman–Crippen MR) is 81.0 cm³/mol. The van der Waals surface area contributed by atoms with E-state index in [0.717, 1.165) is 13.0 Å². The van der Waals surface area contributed by atoms with Crippen LogP contribution in [-0.2, 0) is 6.42 Å². The van der Waals surface area contributed by atoms with Crippen molar-refractivity contribution in [3.8, 4) is 5.88 Å². The number of aromatic nitrogens is 2. The zero-order valence-electron chi connectivity index (χ0n) is 11.9. The molecule has 0 saturated heterocycles. The second-order valence-corrected chi connectivity index (χ2v) is 4.54. The van der Waals surface area contributed by atoms with Crippen molar-refractivity contribution >= 4 is 11.5 Å². The van der Waals surface area contributed by atoms with Gasteiger partial charge in [0.25, 0.3) is 0 Å². The maximum Gasteiger partial charge on any atom is 0.242 e. The Morgan fingerprint density at radius 3 is 2.90 bits per heavy atom. The average molecular weight is 272 g/mol. The number of nitrogens with zero attached hydrogens (tertiary/aromatic N) is 2. The van der Waals surface area contributed by atoms with Crippen LogP contribution in [0, 0.1) is 6.92 Å². The maximum absolute atomic E-state index is 5.96. The third-order valence-electron chi connectivity index (χ3n) is 2.92. The molecule has 1 heterocycles. The van der Waals surface area contributed by atoms with E-state index in [-0.39, 0.29) is 0 Å². The highest BCUT2D eigenvalue weighted by Gasteiger charge is 2.08. The Balaban J connectivity index is 1.96. The van der Waals surface area contributed by atoms with Gasteiger partial charge in [-0.05, 0) is 25.8 Å². The Hall–Kier alpha value is -2.30. The van der Waals surface area contributed by atoms with Crippen LogP contribution in [0.3, 0.4) is 0 Å². The number of hydrogen-bond acceptors (Lipinski definition) is 5. The standard InChI is InChI=1S/C15H20N4O/c1-3-20-15-13(16)14(18-10-19-15)17-8-7-12-6-4-5-11(2)9-12/h4-6,9-10H,3,7-8,16H2,1-2H3,(H,17,18,19). The summed E-state index contributed by atoms with van der Waals surface area (Å²) in [4.78, 5) is 8.15. The number of aryl methyl sites for hydroxylation is 1. The molecule has 20 heavy (non-hydrogen) atoms. The lowest BCUT2D eigenvalue weighted by Crippen LogP contribution is -2.10. The lowest BCUT2D eigenvalue weighted by Gasteiger charge is -2.11. The Morgan fingerprint density at radius 2 is 2.15 bits per heavy atom. The summed E-state index contributed by atoms with van der Waals surface area (Å²) in [6.07, 6.45) is 2.37. The largest absolute Gasteiger partial charge is 0.476 e. The van der Waals surface area contributed by atoms with E-state index in [0.29, 0.717) is 24.0 Å². The van der Waals surface area contributed by atoms with Crippen LogP contribution in [0.2, 0.25) is 0 Å². The molecule has 0 spiro atoms. The second-order valence-electron chi connectivity index (χ2n) is 4.54. The van der Waals surface area contributed by atoms with Crippen LogP contribution < -0.4 is 15.8 Å². The number of nitrogens with two attached hydrogens (primary N) is 1. The Labute approximate surface area is 119 Å². The number of anilines is 2. The van der Waals surface area contributed by atoms with Gasteiger partial charge in [0.1, 0.15) is 12.0 Å². The quantitative estimate of drug-likeness (QED) is 0.845. The number of nitrogens with one attached hydrogen (secondary N) is 1. The zero-order chi connectivity index (χ0) is 14.4. The molecule has 0 aliphatic rings. The first kappa shape index (κ1) is 14.1. The number of hydrogen-bond donors (Lipinski definition) is 2. The van der Waals surface area contributed by atoms with Gasteiger partial charge in [0.2, 0.25) is 5.88 Å². The summed E-state index contributed by atoms with van der Waals surface area (Å²) in [5.74, 6) is 1.05. The third kappa shape index (κ3) is 3.60. The van der Waals surface area contributed by atoms with Crippen LogP contribution in [0.4, 0.5) is 11.5 Å². The molecule has 0 aliphatic heterocycles. The average Bonchev–Trinajstić information content (AvgIpc) is 2.43. The molecule has 0 fully saturated rings. The monoisotopic (exact) mass is 272 g/mol. The minimum Gasteiger partial charge on any atom is -0.476 e. The van der Waals surface area contributed by atoms with Gasteiger partial charge in [-0.25, -0.2) is 4.98 Å². The summed E-state index contributed by atoms with van der Waals surface area (Å²) in [7, 11) is 0. The van der Waals surface area contributed by atoms with Gasteiger partial charge in [-0.3, -0.25) is 0 Å². The topological polar surface area (TPSA) is 73.1 Å². The first-order chi connectivity index (χ1) is 9.70. The maximum atomic E-state index is 5.96. The van der Waals surface area contributed by atoms with Crippen LogP contribution in [0.1, 0.15) is 18.1 Å². The highest BCUT2D eigenvalue weighted by molar-refractivity contribution is 5.66. The van der Waals surface area contributed by atoms with Crippen molar-refractivity contribution in [3.63, 3.8) is 0 Å². The number of benzene rings is 1. The van der Waals surface area contributed by atoms with Crippen LogP contribution in [0.15, 0.2) is 30.6 Å². The molecule has 2 aromatic rings. The lowest BCUT2D eigenvalue weighted by molar-refractivity contribution is 0.328. The fourth-order valence-corrected chi connectivity index (χ4v) is 1.96. The number of rotatable bonds is 6. The van der Waals surface area contributed by atoms with E-state index in [2.05, 4.69) is 46.5 Å². The zero-order valence-corrected chi connectivity index (χ0v) is 11.9. The highest BCUT2D eigenvalue weighted by Crippen LogP contribution is 2.24. The van der Waals surface area contributed by atoms with Crippen molar-refractivity contribution < 1.29 is 4.74 Å². The number of nitrogen functional groups attached to an aromatic ring is 1. The molecule has 2 rings (SSSR count). The van der Waals surface area contributed by atoms with Gasteiger partial charge in [-0.15, -0.1) is 0 Å². The van der Waals surface area contributed by atoms with Crippen molar-refractivity contribution in [2.75, 3.05) is 24.2 Å². The molecule has 0 atom stereocenters. The summed E-state index contributed by atoms with van der Waals surface area (Å²) < 4.78 is 5.34. The molecule has 3 N–H and O–H groups in total. The van der Waals surface area contributed by atoms with E-state index >= 15 is 0 Å². The predicted octanol–water partition coefficient (Wildman–Crippen LogP) is 2.42. The summed E-state index contributed by atoms with van der Waals surface area (Å²) in [5, 5.41) is 3.22. The van der Waals surface area contributed by atoms with Crippen molar-refractivity contribution in [1.29, 1.82) is 0 Å². The van der Waals surface area contributed by atoms with Gasteiger partial charge in [-0.2, -0.15) is 4.98 Å². The van der Waals surface area contributed by atoms with Gasteiger partial charge in [0.15, 0.2) is 5.82 Å². The minimum atomic E-state index is 0.431. The molecular weight excluding hydrogens is 252 g/mol. The van der Waals surface area contributed by atoms with Crippen LogP contribution in [-0.4, -0.2) is 23.1 Å². The van der Waals surface area contributed by atoms with E-state index in [4.69, 9.17) is 10.5 Å². The molecule has 1 aromatic heterocycles. The fourth-order valence-electron chi connectivity index (χ4n) is 1.96. The molecule has 0 unspecified atom stereocenters.